The van der Waals surface area contributed by atoms with Gasteiger partial charge >= 0.3 is 0 Å². The van der Waals surface area contributed by atoms with Crippen molar-refractivity contribution in [1.82, 2.24) is 4.98 Å². The molecule has 1 aliphatic rings. The highest BCUT2D eigenvalue weighted by Crippen LogP contribution is 2.26. The lowest BCUT2D eigenvalue weighted by Crippen LogP contribution is -2.39. The molecule has 0 aliphatic heterocycles. The molecule has 0 spiro atoms. The van der Waals surface area contributed by atoms with Crippen molar-refractivity contribution in [3.05, 3.63) is 23.9 Å². The van der Waals surface area contributed by atoms with Crippen molar-refractivity contribution in [2.75, 3.05) is 18.1 Å². The zero-order valence-electron chi connectivity index (χ0n) is 10.8. The standard InChI is InChI=1S/C14H22N2O2/c17-9-8-16(13-4-2-1-3-5-13)14-7-6-12(11-18)10-15-14/h6-7,10,13,17-18H,1-5,8-9,11H2. The molecule has 4 heteroatoms. The average Bonchev–Trinajstić information content (AvgIpc) is 2.46. The molecule has 0 aromatic carbocycles. The van der Waals surface area contributed by atoms with E-state index in [1.807, 2.05) is 12.1 Å². The number of aliphatic hydroxyl groups excluding tert-OH is 2. The molecule has 1 aliphatic carbocycles. The van der Waals surface area contributed by atoms with Crippen molar-refractivity contribution < 1.29 is 10.2 Å². The first-order chi connectivity index (χ1) is 8.85. The van der Waals surface area contributed by atoms with E-state index < -0.39 is 0 Å². The smallest absolute Gasteiger partial charge is 0.128 e. The molecule has 1 heterocycles. The highest BCUT2D eigenvalue weighted by atomic mass is 16.3. The first kappa shape index (κ1) is 13.3. The number of hydrogen-bond acceptors (Lipinski definition) is 4. The van der Waals surface area contributed by atoms with Crippen LogP contribution in [0.3, 0.4) is 0 Å². The summed E-state index contributed by atoms with van der Waals surface area (Å²) in [6, 6.07) is 4.34. The summed E-state index contributed by atoms with van der Waals surface area (Å²) in [6.45, 7) is 0.812. The molecule has 0 atom stereocenters. The largest absolute Gasteiger partial charge is 0.395 e. The summed E-state index contributed by atoms with van der Waals surface area (Å²) in [5.74, 6) is 0.910. The Kier molecular flexibility index (Phi) is 4.96. The monoisotopic (exact) mass is 250 g/mol. The van der Waals surface area contributed by atoms with Gasteiger partial charge in [0, 0.05) is 18.8 Å². The molecule has 100 valence electrons. The molecule has 0 amide bonds. The van der Waals surface area contributed by atoms with Gasteiger partial charge < -0.3 is 15.1 Å². The van der Waals surface area contributed by atoms with E-state index in [1.54, 1.807) is 6.20 Å². The second kappa shape index (κ2) is 6.71. The van der Waals surface area contributed by atoms with Crippen molar-refractivity contribution in [2.24, 2.45) is 0 Å². The molecular formula is C14H22N2O2. The summed E-state index contributed by atoms with van der Waals surface area (Å²) in [5, 5.41) is 18.2. The van der Waals surface area contributed by atoms with E-state index in [-0.39, 0.29) is 13.2 Å². The van der Waals surface area contributed by atoms with Crippen molar-refractivity contribution in [3.63, 3.8) is 0 Å². The molecule has 1 saturated carbocycles. The Morgan fingerprint density at radius 1 is 1.17 bits per heavy atom. The van der Waals surface area contributed by atoms with E-state index in [9.17, 15) is 5.11 Å². The second-order valence-electron chi connectivity index (χ2n) is 4.89. The third-order valence-electron chi connectivity index (χ3n) is 3.64. The molecule has 4 nitrogen and oxygen atoms in total. The van der Waals surface area contributed by atoms with Crippen LogP contribution in [0.25, 0.3) is 0 Å². The number of anilines is 1. The Morgan fingerprint density at radius 2 is 1.94 bits per heavy atom. The number of nitrogens with zero attached hydrogens (tertiary/aromatic N) is 2. The maximum Gasteiger partial charge on any atom is 0.128 e. The Hall–Kier alpha value is -1.13. The van der Waals surface area contributed by atoms with Crippen LogP contribution in [0.15, 0.2) is 18.3 Å². The van der Waals surface area contributed by atoms with Gasteiger partial charge in [-0.2, -0.15) is 0 Å². The lowest BCUT2D eigenvalue weighted by atomic mass is 9.94. The van der Waals surface area contributed by atoms with Gasteiger partial charge in [0.05, 0.1) is 13.2 Å². The molecule has 2 rings (SSSR count). The van der Waals surface area contributed by atoms with Crippen LogP contribution in [-0.4, -0.2) is 34.4 Å². The fraction of sp³-hybridized carbons (Fsp3) is 0.643. The van der Waals surface area contributed by atoms with E-state index in [2.05, 4.69) is 9.88 Å². The minimum absolute atomic E-state index is 0.0245. The molecular weight excluding hydrogens is 228 g/mol. The molecule has 0 radical (unpaired) electrons. The zero-order valence-corrected chi connectivity index (χ0v) is 10.8. The highest BCUT2D eigenvalue weighted by molar-refractivity contribution is 5.40. The van der Waals surface area contributed by atoms with Crippen LogP contribution in [0.2, 0.25) is 0 Å². The third kappa shape index (κ3) is 3.21. The molecule has 0 bridgehead atoms. The van der Waals surface area contributed by atoms with Crippen molar-refractivity contribution in [2.45, 2.75) is 44.8 Å². The topological polar surface area (TPSA) is 56.6 Å². The SMILES string of the molecule is OCCN(c1ccc(CO)cn1)C1CCCCC1. The Morgan fingerprint density at radius 3 is 2.50 bits per heavy atom. The molecule has 2 N–H and O–H groups in total. The minimum atomic E-state index is 0.0245. The van der Waals surface area contributed by atoms with Gasteiger partial charge in [-0.3, -0.25) is 0 Å². The molecule has 1 aromatic rings. The first-order valence-electron chi connectivity index (χ1n) is 6.78. The quantitative estimate of drug-likeness (QED) is 0.835. The third-order valence-corrected chi connectivity index (χ3v) is 3.64. The predicted octanol–water partition coefficient (Wildman–Crippen LogP) is 1.71. The molecule has 0 saturated heterocycles. The Balaban J connectivity index is 2.11. The van der Waals surface area contributed by atoms with Gasteiger partial charge in [-0.15, -0.1) is 0 Å². The van der Waals surface area contributed by atoms with Crippen molar-refractivity contribution in [3.8, 4) is 0 Å². The van der Waals surface area contributed by atoms with Gasteiger partial charge in [0.25, 0.3) is 0 Å². The van der Waals surface area contributed by atoms with Gasteiger partial charge in [0.15, 0.2) is 0 Å². The lowest BCUT2D eigenvalue weighted by molar-refractivity contribution is 0.281. The van der Waals surface area contributed by atoms with Crippen LogP contribution in [-0.2, 0) is 6.61 Å². The van der Waals surface area contributed by atoms with Gasteiger partial charge in [-0.25, -0.2) is 4.98 Å². The first-order valence-corrected chi connectivity index (χ1v) is 6.78. The summed E-state index contributed by atoms with van der Waals surface area (Å²) < 4.78 is 0. The van der Waals surface area contributed by atoms with Crippen molar-refractivity contribution >= 4 is 5.82 Å². The number of hydrogen-bond donors (Lipinski definition) is 2. The highest BCUT2D eigenvalue weighted by Gasteiger charge is 2.21. The van der Waals surface area contributed by atoms with E-state index in [1.165, 1.54) is 32.1 Å². The van der Waals surface area contributed by atoms with Crippen LogP contribution >= 0.6 is 0 Å². The summed E-state index contributed by atoms with van der Waals surface area (Å²) in [7, 11) is 0. The number of pyridine rings is 1. The maximum atomic E-state index is 9.22. The maximum absolute atomic E-state index is 9.22. The van der Waals surface area contributed by atoms with Gasteiger partial charge in [-0.05, 0) is 24.5 Å². The summed E-state index contributed by atoms with van der Waals surface area (Å²) in [4.78, 5) is 6.61. The van der Waals surface area contributed by atoms with E-state index in [0.29, 0.717) is 12.6 Å². The van der Waals surface area contributed by atoms with Crippen LogP contribution in [0.4, 0.5) is 5.82 Å². The summed E-state index contributed by atoms with van der Waals surface area (Å²) in [5.41, 5.74) is 0.825. The van der Waals surface area contributed by atoms with Gasteiger partial charge in [-0.1, -0.05) is 25.3 Å². The van der Waals surface area contributed by atoms with Crippen molar-refractivity contribution in [1.29, 1.82) is 0 Å². The van der Waals surface area contributed by atoms with Gasteiger partial charge in [0.1, 0.15) is 5.82 Å². The molecule has 18 heavy (non-hydrogen) atoms. The van der Waals surface area contributed by atoms with Crippen LogP contribution < -0.4 is 4.90 Å². The van der Waals surface area contributed by atoms with E-state index in [0.717, 1.165) is 11.4 Å². The minimum Gasteiger partial charge on any atom is -0.395 e. The van der Waals surface area contributed by atoms with Gasteiger partial charge in [0.2, 0.25) is 0 Å². The fourth-order valence-electron chi connectivity index (χ4n) is 2.66. The van der Waals surface area contributed by atoms with Crippen LogP contribution in [0.5, 0.6) is 0 Å². The zero-order chi connectivity index (χ0) is 12.8. The Bertz CT molecular complexity index is 347. The lowest BCUT2D eigenvalue weighted by Gasteiger charge is -2.35. The number of aliphatic hydroxyl groups is 2. The normalized spacial score (nSPS) is 16.8. The molecule has 0 unspecified atom stereocenters. The predicted molar refractivity (Wildman–Crippen MR) is 71.5 cm³/mol. The molecule has 1 fully saturated rings. The average molecular weight is 250 g/mol. The molecule has 1 aromatic heterocycles. The second-order valence-corrected chi connectivity index (χ2v) is 4.89. The van der Waals surface area contributed by atoms with Crippen LogP contribution in [0.1, 0.15) is 37.7 Å². The number of rotatable bonds is 5. The Labute approximate surface area is 108 Å². The number of aromatic nitrogens is 1. The fourth-order valence-corrected chi connectivity index (χ4v) is 2.66. The van der Waals surface area contributed by atoms with E-state index >= 15 is 0 Å². The summed E-state index contributed by atoms with van der Waals surface area (Å²) >= 11 is 0. The van der Waals surface area contributed by atoms with E-state index in [4.69, 9.17) is 5.11 Å². The van der Waals surface area contributed by atoms with Crippen LogP contribution in [0, 0.1) is 0 Å². The summed E-state index contributed by atoms with van der Waals surface area (Å²) in [6.07, 6.45) is 7.93.